The first kappa shape index (κ1) is 13.5. The minimum absolute atomic E-state index is 0.119. The van der Waals surface area contributed by atoms with Gasteiger partial charge in [-0.2, -0.15) is 0 Å². The van der Waals surface area contributed by atoms with E-state index in [4.69, 9.17) is 9.47 Å². The molecule has 18 heavy (non-hydrogen) atoms. The number of carbonyl (C=O) groups excluding carboxylic acids is 1. The number of ketones is 1. The van der Waals surface area contributed by atoms with Crippen LogP contribution in [0.25, 0.3) is 0 Å². The molecular weight excluding hydrogens is 228 g/mol. The monoisotopic (exact) mass is 250 g/mol. The molecule has 0 spiro atoms. The van der Waals surface area contributed by atoms with Crippen molar-refractivity contribution >= 4 is 5.78 Å². The topological polar surface area (TPSA) is 35.5 Å². The van der Waals surface area contributed by atoms with Crippen LogP contribution in [-0.2, 0) is 14.3 Å². The number of Topliss-reactive ketones (excluding diaryl/α,β-unsaturated/α-hetero) is 1. The highest BCUT2D eigenvalue weighted by Crippen LogP contribution is 2.42. The van der Waals surface area contributed by atoms with Gasteiger partial charge in [0.15, 0.2) is 11.4 Å². The van der Waals surface area contributed by atoms with Gasteiger partial charge in [-0.25, -0.2) is 0 Å². The van der Waals surface area contributed by atoms with Gasteiger partial charge >= 0.3 is 0 Å². The van der Waals surface area contributed by atoms with Crippen LogP contribution in [-0.4, -0.2) is 29.2 Å². The number of ether oxygens (including phenoxy) is 2. The minimum atomic E-state index is -0.829. The van der Waals surface area contributed by atoms with Gasteiger partial charge < -0.3 is 9.47 Å². The summed E-state index contributed by atoms with van der Waals surface area (Å²) in [5.41, 5.74) is -0.264. The second kappa shape index (κ2) is 4.32. The van der Waals surface area contributed by atoms with E-state index in [1.54, 1.807) is 0 Å². The Morgan fingerprint density at radius 1 is 1.44 bits per heavy atom. The Morgan fingerprint density at radius 3 is 2.56 bits per heavy atom. The standard InChI is InChI=1S/C15H22O3/c1-6-14(4)8-7-13(18-14)15(5)12(16)9-11(17-15)10(2)3/h6,11,13H,1-2,7-9H2,3-5H3/t11-,13?,14+,15+/m1/s1. The maximum absolute atomic E-state index is 12.2. The van der Waals surface area contributed by atoms with Crippen LogP contribution in [0.2, 0.25) is 0 Å². The van der Waals surface area contributed by atoms with Gasteiger partial charge in [-0.15, -0.1) is 6.58 Å². The Bertz CT molecular complexity index is 401. The molecule has 0 aromatic heterocycles. The highest BCUT2D eigenvalue weighted by molar-refractivity contribution is 5.90. The summed E-state index contributed by atoms with van der Waals surface area (Å²) in [5.74, 6) is 0.119. The molecule has 0 amide bonds. The van der Waals surface area contributed by atoms with Crippen LogP contribution in [0.4, 0.5) is 0 Å². The zero-order valence-corrected chi connectivity index (χ0v) is 11.5. The van der Waals surface area contributed by atoms with Crippen molar-refractivity contribution in [2.24, 2.45) is 0 Å². The van der Waals surface area contributed by atoms with Crippen molar-refractivity contribution in [3.8, 4) is 0 Å². The highest BCUT2D eigenvalue weighted by Gasteiger charge is 2.54. The fraction of sp³-hybridized carbons (Fsp3) is 0.667. The van der Waals surface area contributed by atoms with Gasteiger partial charge in [-0.05, 0) is 33.6 Å². The third-order valence-corrected chi connectivity index (χ3v) is 4.22. The SMILES string of the molecule is C=C[C@@]1(C)CCC([C@@]2(C)O[C@@H](C(=C)C)CC2=O)O1. The normalized spacial score (nSPS) is 44.3. The Balaban J connectivity index is 2.16. The lowest BCUT2D eigenvalue weighted by Crippen LogP contribution is -2.46. The van der Waals surface area contributed by atoms with Gasteiger partial charge in [0.2, 0.25) is 0 Å². The molecule has 0 bridgehead atoms. The fourth-order valence-electron chi connectivity index (χ4n) is 2.70. The molecule has 3 heteroatoms. The van der Waals surface area contributed by atoms with E-state index in [0.29, 0.717) is 6.42 Å². The first-order valence-electron chi connectivity index (χ1n) is 6.49. The molecular formula is C15H22O3. The summed E-state index contributed by atoms with van der Waals surface area (Å²) in [7, 11) is 0. The molecule has 2 rings (SSSR count). The van der Waals surface area contributed by atoms with E-state index >= 15 is 0 Å². The average Bonchev–Trinajstić information content (AvgIpc) is 2.84. The Labute approximate surface area is 109 Å². The summed E-state index contributed by atoms with van der Waals surface area (Å²) in [5, 5.41) is 0. The molecule has 1 unspecified atom stereocenters. The smallest absolute Gasteiger partial charge is 0.169 e. The van der Waals surface area contributed by atoms with E-state index in [2.05, 4.69) is 13.2 Å². The Hall–Kier alpha value is -0.930. The molecule has 0 aromatic carbocycles. The summed E-state index contributed by atoms with van der Waals surface area (Å²) in [6, 6.07) is 0. The fourth-order valence-corrected chi connectivity index (χ4v) is 2.70. The Kier molecular flexibility index (Phi) is 3.24. The third-order valence-electron chi connectivity index (χ3n) is 4.22. The zero-order valence-electron chi connectivity index (χ0n) is 11.5. The van der Waals surface area contributed by atoms with E-state index in [9.17, 15) is 4.79 Å². The van der Waals surface area contributed by atoms with Gasteiger partial charge in [0.25, 0.3) is 0 Å². The highest BCUT2D eigenvalue weighted by atomic mass is 16.6. The molecule has 2 fully saturated rings. The molecule has 2 saturated heterocycles. The molecule has 4 atom stereocenters. The summed E-state index contributed by atoms with van der Waals surface area (Å²) in [6.07, 6.45) is 3.58. The van der Waals surface area contributed by atoms with Crippen molar-refractivity contribution < 1.29 is 14.3 Å². The van der Waals surface area contributed by atoms with Crippen LogP contribution in [0.5, 0.6) is 0 Å². The second-order valence-corrected chi connectivity index (χ2v) is 5.85. The van der Waals surface area contributed by atoms with Crippen LogP contribution in [0.1, 0.15) is 40.0 Å². The first-order chi connectivity index (χ1) is 8.31. The van der Waals surface area contributed by atoms with Crippen LogP contribution in [0.3, 0.4) is 0 Å². The molecule has 2 heterocycles. The lowest BCUT2D eigenvalue weighted by atomic mass is 9.91. The van der Waals surface area contributed by atoms with Crippen molar-refractivity contribution in [2.45, 2.75) is 63.4 Å². The molecule has 3 nitrogen and oxygen atoms in total. The zero-order chi connectivity index (χ0) is 13.6. The maximum Gasteiger partial charge on any atom is 0.169 e. The van der Waals surface area contributed by atoms with Crippen molar-refractivity contribution in [1.29, 1.82) is 0 Å². The minimum Gasteiger partial charge on any atom is -0.365 e. The van der Waals surface area contributed by atoms with Crippen molar-refractivity contribution in [3.63, 3.8) is 0 Å². The van der Waals surface area contributed by atoms with E-state index in [1.165, 1.54) is 0 Å². The van der Waals surface area contributed by atoms with Crippen LogP contribution in [0.15, 0.2) is 24.8 Å². The summed E-state index contributed by atoms with van der Waals surface area (Å²) in [4.78, 5) is 12.2. The number of hydrogen-bond donors (Lipinski definition) is 0. The number of hydrogen-bond acceptors (Lipinski definition) is 3. The van der Waals surface area contributed by atoms with Crippen LogP contribution in [0, 0.1) is 0 Å². The predicted molar refractivity (Wildman–Crippen MR) is 70.4 cm³/mol. The van der Waals surface area contributed by atoms with E-state index in [1.807, 2.05) is 26.8 Å². The number of rotatable bonds is 3. The lowest BCUT2D eigenvalue weighted by Gasteiger charge is -2.31. The molecule has 100 valence electrons. The quantitative estimate of drug-likeness (QED) is 0.722. The third kappa shape index (κ3) is 2.06. The number of carbonyl (C=O) groups is 1. The average molecular weight is 250 g/mol. The molecule has 2 aliphatic heterocycles. The van der Waals surface area contributed by atoms with Crippen molar-refractivity contribution in [1.82, 2.24) is 0 Å². The Morgan fingerprint density at radius 2 is 2.11 bits per heavy atom. The van der Waals surface area contributed by atoms with Gasteiger partial charge in [0, 0.05) is 6.42 Å². The van der Waals surface area contributed by atoms with Gasteiger partial charge in [0.1, 0.15) is 0 Å². The van der Waals surface area contributed by atoms with Crippen LogP contribution < -0.4 is 0 Å². The largest absolute Gasteiger partial charge is 0.365 e. The molecule has 0 radical (unpaired) electrons. The summed E-state index contributed by atoms with van der Waals surface area (Å²) < 4.78 is 11.9. The second-order valence-electron chi connectivity index (χ2n) is 5.85. The summed E-state index contributed by atoms with van der Waals surface area (Å²) in [6.45, 7) is 13.4. The maximum atomic E-state index is 12.2. The van der Waals surface area contributed by atoms with E-state index in [-0.39, 0.29) is 23.6 Å². The molecule has 2 aliphatic rings. The van der Waals surface area contributed by atoms with E-state index in [0.717, 1.165) is 18.4 Å². The van der Waals surface area contributed by atoms with Crippen LogP contribution >= 0.6 is 0 Å². The van der Waals surface area contributed by atoms with E-state index < -0.39 is 5.60 Å². The van der Waals surface area contributed by atoms with Gasteiger partial charge in [0.05, 0.1) is 17.8 Å². The molecule has 0 saturated carbocycles. The lowest BCUT2D eigenvalue weighted by molar-refractivity contribution is -0.155. The van der Waals surface area contributed by atoms with Gasteiger partial charge in [-0.3, -0.25) is 4.79 Å². The molecule has 0 N–H and O–H groups in total. The van der Waals surface area contributed by atoms with Crippen molar-refractivity contribution in [2.75, 3.05) is 0 Å². The molecule has 0 aliphatic carbocycles. The predicted octanol–water partition coefficient (Wildman–Crippen LogP) is 2.80. The first-order valence-corrected chi connectivity index (χ1v) is 6.49. The van der Waals surface area contributed by atoms with Crippen molar-refractivity contribution in [3.05, 3.63) is 24.8 Å². The van der Waals surface area contributed by atoms with Gasteiger partial charge in [-0.1, -0.05) is 18.2 Å². The summed E-state index contributed by atoms with van der Waals surface area (Å²) >= 11 is 0. The molecule has 0 aromatic rings.